The quantitative estimate of drug-likeness (QED) is 0.530. The average molecular weight is 420 g/mol. The van der Waals surface area contributed by atoms with Crippen molar-refractivity contribution in [1.82, 2.24) is 0 Å². The molecular weight excluding hydrogens is 398 g/mol. The molecule has 1 heterocycles. The standard InChI is InChI=1S/C21H22ClNO4S/c1-13(12-22)23-17-6-4-5-7-18(17)28-20(19(21(23)25)27-14(2)24)15-8-10-16(26-3)11-9-15/h4-11,13,19-20H,12H2,1-3H3. The maximum Gasteiger partial charge on any atom is 0.303 e. The number of anilines is 1. The summed E-state index contributed by atoms with van der Waals surface area (Å²) in [4.78, 5) is 27.9. The summed E-state index contributed by atoms with van der Waals surface area (Å²) in [6, 6.07) is 14.9. The monoisotopic (exact) mass is 419 g/mol. The van der Waals surface area contributed by atoms with Crippen LogP contribution in [-0.2, 0) is 14.3 Å². The molecule has 2 aromatic carbocycles. The number of esters is 1. The highest BCUT2D eigenvalue weighted by Crippen LogP contribution is 2.47. The van der Waals surface area contributed by atoms with E-state index in [1.807, 2.05) is 55.5 Å². The number of rotatable bonds is 5. The van der Waals surface area contributed by atoms with Crippen LogP contribution in [0.1, 0.15) is 24.7 Å². The first-order valence-electron chi connectivity index (χ1n) is 8.92. The minimum atomic E-state index is -0.964. The van der Waals surface area contributed by atoms with Gasteiger partial charge in [-0.15, -0.1) is 23.4 Å². The van der Waals surface area contributed by atoms with Crippen molar-refractivity contribution in [3.63, 3.8) is 0 Å². The van der Waals surface area contributed by atoms with E-state index in [4.69, 9.17) is 21.1 Å². The van der Waals surface area contributed by atoms with Crippen LogP contribution in [0.3, 0.4) is 0 Å². The van der Waals surface area contributed by atoms with Crippen LogP contribution in [0.4, 0.5) is 5.69 Å². The fourth-order valence-corrected chi connectivity index (χ4v) is 4.64. The molecule has 3 atom stereocenters. The van der Waals surface area contributed by atoms with E-state index in [1.54, 1.807) is 12.0 Å². The SMILES string of the molecule is COc1ccc(C2Sc3ccccc3N(C(C)CCl)C(=O)C2OC(C)=O)cc1. The van der Waals surface area contributed by atoms with E-state index in [2.05, 4.69) is 0 Å². The molecule has 1 amide bonds. The summed E-state index contributed by atoms with van der Waals surface area (Å²) >= 11 is 7.59. The van der Waals surface area contributed by atoms with Crippen LogP contribution in [0.25, 0.3) is 0 Å². The molecule has 0 saturated carbocycles. The van der Waals surface area contributed by atoms with Gasteiger partial charge in [0.15, 0.2) is 6.10 Å². The van der Waals surface area contributed by atoms with Crippen LogP contribution in [0, 0.1) is 0 Å². The predicted octanol–water partition coefficient (Wildman–Crippen LogP) is 4.43. The molecule has 5 nitrogen and oxygen atoms in total. The molecule has 0 aliphatic carbocycles. The molecule has 1 aliphatic heterocycles. The number of nitrogens with zero attached hydrogens (tertiary/aromatic N) is 1. The Morgan fingerprint density at radius 2 is 1.89 bits per heavy atom. The normalized spacial score (nSPS) is 20.1. The second-order valence-electron chi connectivity index (χ2n) is 6.52. The summed E-state index contributed by atoms with van der Waals surface area (Å²) in [5, 5.41) is -0.393. The van der Waals surface area contributed by atoms with E-state index in [1.165, 1.54) is 18.7 Å². The van der Waals surface area contributed by atoms with Crippen LogP contribution >= 0.6 is 23.4 Å². The number of carbonyl (C=O) groups is 2. The molecular formula is C21H22ClNO4S. The van der Waals surface area contributed by atoms with Gasteiger partial charge in [0.25, 0.3) is 5.91 Å². The topological polar surface area (TPSA) is 55.8 Å². The number of amides is 1. The number of carbonyl (C=O) groups excluding carboxylic acids is 2. The lowest BCUT2D eigenvalue weighted by atomic mass is 10.0. The highest BCUT2D eigenvalue weighted by atomic mass is 35.5. The highest BCUT2D eigenvalue weighted by molar-refractivity contribution is 7.99. The molecule has 28 heavy (non-hydrogen) atoms. The van der Waals surface area contributed by atoms with Gasteiger partial charge in [-0.05, 0) is 36.8 Å². The number of halogens is 1. The first-order chi connectivity index (χ1) is 13.5. The predicted molar refractivity (Wildman–Crippen MR) is 111 cm³/mol. The number of ether oxygens (including phenoxy) is 2. The van der Waals surface area contributed by atoms with E-state index in [9.17, 15) is 9.59 Å². The third-order valence-corrected chi connectivity index (χ3v) is 6.35. The molecule has 0 spiro atoms. The Labute approximate surface area is 174 Å². The minimum absolute atomic E-state index is 0.247. The molecule has 3 rings (SSSR count). The van der Waals surface area contributed by atoms with Gasteiger partial charge in [-0.25, -0.2) is 0 Å². The molecule has 0 radical (unpaired) electrons. The van der Waals surface area contributed by atoms with Gasteiger partial charge in [-0.2, -0.15) is 0 Å². The van der Waals surface area contributed by atoms with E-state index in [-0.39, 0.29) is 17.8 Å². The zero-order valence-electron chi connectivity index (χ0n) is 15.9. The molecule has 148 valence electrons. The van der Waals surface area contributed by atoms with Crippen LogP contribution in [0.15, 0.2) is 53.4 Å². The van der Waals surface area contributed by atoms with Crippen LogP contribution in [0.5, 0.6) is 5.75 Å². The number of fused-ring (bicyclic) bond motifs is 1. The van der Waals surface area contributed by atoms with Gasteiger partial charge in [0, 0.05) is 23.7 Å². The summed E-state index contributed by atoms with van der Waals surface area (Å²) in [7, 11) is 1.60. The van der Waals surface area contributed by atoms with E-state index < -0.39 is 17.3 Å². The Balaban J connectivity index is 2.12. The Bertz CT molecular complexity index is 858. The van der Waals surface area contributed by atoms with Crippen LogP contribution in [0.2, 0.25) is 0 Å². The van der Waals surface area contributed by atoms with Crippen molar-refractivity contribution in [3.8, 4) is 5.75 Å². The lowest BCUT2D eigenvalue weighted by Gasteiger charge is -2.31. The summed E-state index contributed by atoms with van der Waals surface area (Å²) in [6.07, 6.45) is -0.964. The summed E-state index contributed by atoms with van der Waals surface area (Å²) < 4.78 is 10.8. The molecule has 1 aliphatic rings. The van der Waals surface area contributed by atoms with Crippen molar-refractivity contribution >= 4 is 40.9 Å². The van der Waals surface area contributed by atoms with Gasteiger partial charge in [-0.3, -0.25) is 9.59 Å². The lowest BCUT2D eigenvalue weighted by molar-refractivity contribution is -0.153. The van der Waals surface area contributed by atoms with Crippen molar-refractivity contribution in [3.05, 3.63) is 54.1 Å². The smallest absolute Gasteiger partial charge is 0.303 e. The first kappa shape index (κ1) is 20.6. The fraction of sp³-hybridized carbons (Fsp3) is 0.333. The molecule has 0 fully saturated rings. The summed E-state index contributed by atoms with van der Waals surface area (Å²) in [6.45, 7) is 3.20. The zero-order valence-corrected chi connectivity index (χ0v) is 17.5. The van der Waals surface area contributed by atoms with Gasteiger partial charge < -0.3 is 14.4 Å². The number of benzene rings is 2. The summed E-state index contributed by atoms with van der Waals surface area (Å²) in [5.41, 5.74) is 1.65. The maximum atomic E-state index is 13.5. The molecule has 0 bridgehead atoms. The molecule has 0 N–H and O–H groups in total. The average Bonchev–Trinajstić information content (AvgIpc) is 2.82. The minimum Gasteiger partial charge on any atom is -0.497 e. The third kappa shape index (κ3) is 4.13. The number of thioether (sulfide) groups is 1. The van der Waals surface area contributed by atoms with E-state index in [0.717, 1.165) is 21.9 Å². The molecule has 7 heteroatoms. The van der Waals surface area contributed by atoms with Crippen molar-refractivity contribution in [2.75, 3.05) is 17.9 Å². The van der Waals surface area contributed by atoms with E-state index >= 15 is 0 Å². The maximum absolute atomic E-state index is 13.5. The number of hydrogen-bond donors (Lipinski definition) is 0. The largest absolute Gasteiger partial charge is 0.497 e. The Morgan fingerprint density at radius 1 is 1.21 bits per heavy atom. The van der Waals surface area contributed by atoms with Gasteiger partial charge in [-0.1, -0.05) is 24.3 Å². The van der Waals surface area contributed by atoms with Crippen LogP contribution in [-0.4, -0.2) is 37.0 Å². The van der Waals surface area contributed by atoms with Crippen molar-refractivity contribution in [1.29, 1.82) is 0 Å². The van der Waals surface area contributed by atoms with Crippen molar-refractivity contribution in [2.24, 2.45) is 0 Å². The number of methoxy groups -OCH3 is 1. The Kier molecular flexibility index (Phi) is 6.52. The molecule has 2 aromatic rings. The second kappa shape index (κ2) is 8.88. The second-order valence-corrected chi connectivity index (χ2v) is 8.01. The number of alkyl halides is 1. The fourth-order valence-electron chi connectivity index (χ4n) is 3.19. The highest BCUT2D eigenvalue weighted by Gasteiger charge is 2.42. The van der Waals surface area contributed by atoms with Gasteiger partial charge in [0.05, 0.1) is 18.0 Å². The van der Waals surface area contributed by atoms with Crippen molar-refractivity contribution in [2.45, 2.75) is 36.1 Å². The number of hydrogen-bond acceptors (Lipinski definition) is 5. The van der Waals surface area contributed by atoms with Crippen LogP contribution < -0.4 is 9.64 Å². The van der Waals surface area contributed by atoms with Gasteiger partial charge in [0.2, 0.25) is 0 Å². The zero-order chi connectivity index (χ0) is 20.3. The van der Waals surface area contributed by atoms with Crippen molar-refractivity contribution < 1.29 is 19.1 Å². The molecule has 3 unspecified atom stereocenters. The lowest BCUT2D eigenvalue weighted by Crippen LogP contribution is -2.47. The third-order valence-electron chi connectivity index (χ3n) is 4.54. The first-order valence-corrected chi connectivity index (χ1v) is 10.3. The van der Waals surface area contributed by atoms with Gasteiger partial charge in [0.1, 0.15) is 5.75 Å². The number of para-hydroxylation sites is 1. The molecule has 0 aromatic heterocycles. The van der Waals surface area contributed by atoms with E-state index in [0.29, 0.717) is 0 Å². The summed E-state index contributed by atoms with van der Waals surface area (Å²) in [5.74, 6) is 0.212. The molecule has 0 saturated heterocycles. The Hall–Kier alpha value is -2.18. The van der Waals surface area contributed by atoms with Gasteiger partial charge >= 0.3 is 5.97 Å². The Morgan fingerprint density at radius 3 is 2.50 bits per heavy atom.